The monoisotopic (exact) mass is 389 g/mol. The molecule has 0 saturated carbocycles. The molecule has 1 N–H and O–H groups in total. The van der Waals surface area contributed by atoms with E-state index in [-0.39, 0.29) is 5.75 Å². The normalized spacial score (nSPS) is 11.4. The minimum Gasteiger partial charge on any atom is -0.485 e. The van der Waals surface area contributed by atoms with Crippen molar-refractivity contribution >= 4 is 21.4 Å². The minimum absolute atomic E-state index is 0.0187. The van der Waals surface area contributed by atoms with Crippen LogP contribution in [0.5, 0.6) is 5.75 Å². The Balaban J connectivity index is 1.44. The molecule has 0 fully saturated rings. The minimum atomic E-state index is -3.35. The molecule has 3 aromatic rings. The average Bonchev–Trinajstić information content (AvgIpc) is 3.09. The summed E-state index contributed by atoms with van der Waals surface area (Å²) >= 11 is 1.50. The molecule has 2 aromatic heterocycles. The fourth-order valence-corrected chi connectivity index (χ4v) is 4.17. The summed E-state index contributed by atoms with van der Waals surface area (Å²) in [5, 5.41) is 2.77. The number of thiazole rings is 1. The number of sulfonamides is 1. The van der Waals surface area contributed by atoms with Crippen LogP contribution in [0, 0.1) is 0 Å². The van der Waals surface area contributed by atoms with Gasteiger partial charge in [0.15, 0.2) is 0 Å². The van der Waals surface area contributed by atoms with Crippen LogP contribution >= 0.6 is 11.3 Å². The SMILES string of the molecule is O=S(=O)(Cc1ccccc1)NCCc1csc(COc2cccnc2)n1. The number of hydrogen-bond donors (Lipinski definition) is 1. The number of rotatable bonds is 9. The molecule has 0 aliphatic carbocycles. The first-order valence-corrected chi connectivity index (χ1v) is 10.6. The Morgan fingerprint density at radius 3 is 2.73 bits per heavy atom. The lowest BCUT2D eigenvalue weighted by Gasteiger charge is -2.06. The van der Waals surface area contributed by atoms with Crippen LogP contribution in [0.4, 0.5) is 0 Å². The van der Waals surface area contributed by atoms with Gasteiger partial charge in [-0.25, -0.2) is 18.1 Å². The van der Waals surface area contributed by atoms with Crippen LogP contribution in [0.3, 0.4) is 0 Å². The third-order valence-electron chi connectivity index (χ3n) is 3.50. The molecule has 26 heavy (non-hydrogen) atoms. The number of hydrogen-bond acceptors (Lipinski definition) is 6. The summed E-state index contributed by atoms with van der Waals surface area (Å²) < 4.78 is 32.4. The van der Waals surface area contributed by atoms with Gasteiger partial charge < -0.3 is 4.74 Å². The molecule has 0 aliphatic heterocycles. The van der Waals surface area contributed by atoms with Gasteiger partial charge in [0.25, 0.3) is 0 Å². The molecule has 3 rings (SSSR count). The van der Waals surface area contributed by atoms with Crippen LogP contribution in [0.2, 0.25) is 0 Å². The lowest BCUT2D eigenvalue weighted by Crippen LogP contribution is -2.27. The molecule has 136 valence electrons. The second-order valence-corrected chi connectivity index (χ2v) is 8.35. The van der Waals surface area contributed by atoms with Gasteiger partial charge in [-0.05, 0) is 17.7 Å². The van der Waals surface area contributed by atoms with Gasteiger partial charge in [0.2, 0.25) is 10.0 Å². The van der Waals surface area contributed by atoms with Crippen LogP contribution in [0.15, 0.2) is 60.2 Å². The predicted molar refractivity (Wildman–Crippen MR) is 101 cm³/mol. The highest BCUT2D eigenvalue weighted by Gasteiger charge is 2.11. The van der Waals surface area contributed by atoms with Crippen molar-refractivity contribution in [2.45, 2.75) is 18.8 Å². The van der Waals surface area contributed by atoms with E-state index in [0.29, 0.717) is 25.3 Å². The maximum absolute atomic E-state index is 12.1. The molecule has 0 radical (unpaired) electrons. The third kappa shape index (κ3) is 5.91. The first-order chi connectivity index (χ1) is 12.6. The zero-order valence-electron chi connectivity index (χ0n) is 14.0. The van der Waals surface area contributed by atoms with Crippen molar-refractivity contribution in [3.05, 3.63) is 76.5 Å². The van der Waals surface area contributed by atoms with Gasteiger partial charge in [-0.15, -0.1) is 11.3 Å². The van der Waals surface area contributed by atoms with E-state index in [1.54, 1.807) is 24.5 Å². The van der Waals surface area contributed by atoms with E-state index in [2.05, 4.69) is 14.7 Å². The number of pyridine rings is 1. The van der Waals surface area contributed by atoms with Gasteiger partial charge in [0.05, 0.1) is 17.6 Å². The molecule has 0 unspecified atom stereocenters. The molecule has 0 aliphatic rings. The molecule has 8 heteroatoms. The summed E-state index contributed by atoms with van der Waals surface area (Å²) in [5.74, 6) is 0.674. The largest absolute Gasteiger partial charge is 0.485 e. The summed E-state index contributed by atoms with van der Waals surface area (Å²) in [6.07, 6.45) is 3.88. The van der Waals surface area contributed by atoms with Crippen molar-refractivity contribution in [3.8, 4) is 5.75 Å². The molecule has 0 bridgehead atoms. The predicted octanol–water partition coefficient (Wildman–Crippen LogP) is 2.78. The molecular formula is C18H19N3O3S2. The summed E-state index contributed by atoms with van der Waals surface area (Å²) in [5.41, 5.74) is 1.62. The Hall–Kier alpha value is -2.29. The quantitative estimate of drug-likeness (QED) is 0.609. The van der Waals surface area contributed by atoms with Crippen LogP contribution in [-0.2, 0) is 28.8 Å². The number of benzene rings is 1. The van der Waals surface area contributed by atoms with Crippen molar-refractivity contribution < 1.29 is 13.2 Å². The van der Waals surface area contributed by atoms with Crippen LogP contribution in [0.1, 0.15) is 16.3 Å². The average molecular weight is 390 g/mol. The Morgan fingerprint density at radius 2 is 1.96 bits per heavy atom. The number of nitrogens with zero attached hydrogens (tertiary/aromatic N) is 2. The Morgan fingerprint density at radius 1 is 1.12 bits per heavy atom. The van der Waals surface area contributed by atoms with Gasteiger partial charge in [0, 0.05) is 24.5 Å². The fraction of sp³-hybridized carbons (Fsp3) is 0.222. The molecule has 1 aromatic carbocycles. The Bertz CT molecular complexity index is 913. The van der Waals surface area contributed by atoms with Gasteiger partial charge >= 0.3 is 0 Å². The second kappa shape index (κ2) is 8.88. The van der Waals surface area contributed by atoms with Crippen LogP contribution in [0.25, 0.3) is 0 Å². The lowest BCUT2D eigenvalue weighted by molar-refractivity contribution is 0.304. The molecular weight excluding hydrogens is 370 g/mol. The van der Waals surface area contributed by atoms with Crippen molar-refractivity contribution in [3.63, 3.8) is 0 Å². The summed E-state index contributed by atoms with van der Waals surface area (Å²) in [7, 11) is -3.35. The van der Waals surface area contributed by atoms with Crippen LogP contribution in [-0.4, -0.2) is 24.9 Å². The van der Waals surface area contributed by atoms with E-state index in [9.17, 15) is 8.42 Å². The van der Waals surface area contributed by atoms with E-state index in [1.165, 1.54) is 11.3 Å². The summed E-state index contributed by atoms with van der Waals surface area (Å²) in [6.45, 7) is 0.692. The highest BCUT2D eigenvalue weighted by molar-refractivity contribution is 7.88. The van der Waals surface area contributed by atoms with Crippen molar-refractivity contribution in [2.75, 3.05) is 6.54 Å². The lowest BCUT2D eigenvalue weighted by atomic mass is 10.2. The third-order valence-corrected chi connectivity index (χ3v) is 5.73. The molecule has 0 amide bonds. The van der Waals surface area contributed by atoms with Gasteiger partial charge in [-0.2, -0.15) is 0 Å². The number of aromatic nitrogens is 2. The summed E-state index contributed by atoms with van der Waals surface area (Å²) in [6, 6.07) is 12.8. The topological polar surface area (TPSA) is 81.2 Å². The molecule has 0 spiro atoms. The molecule has 0 saturated heterocycles. The highest BCUT2D eigenvalue weighted by atomic mass is 32.2. The highest BCUT2D eigenvalue weighted by Crippen LogP contribution is 2.14. The second-order valence-electron chi connectivity index (χ2n) is 5.60. The molecule has 2 heterocycles. The zero-order chi connectivity index (χ0) is 18.2. The van der Waals surface area contributed by atoms with Crippen molar-refractivity contribution in [2.24, 2.45) is 0 Å². The first kappa shape index (κ1) is 18.5. The van der Waals surface area contributed by atoms with E-state index < -0.39 is 10.0 Å². The standard InChI is InChI=1S/C18H19N3O3S2/c22-26(23,14-15-5-2-1-3-6-15)20-10-8-16-13-25-18(21-16)12-24-17-7-4-9-19-11-17/h1-7,9,11,13,20H,8,10,12,14H2. The van der Waals surface area contributed by atoms with Crippen molar-refractivity contribution in [1.29, 1.82) is 0 Å². The number of nitrogens with one attached hydrogen (secondary N) is 1. The Kier molecular flexibility index (Phi) is 6.32. The maximum Gasteiger partial charge on any atom is 0.215 e. The first-order valence-electron chi connectivity index (χ1n) is 8.08. The van der Waals surface area contributed by atoms with E-state index in [4.69, 9.17) is 4.74 Å². The summed E-state index contributed by atoms with van der Waals surface area (Å²) in [4.78, 5) is 8.46. The van der Waals surface area contributed by atoms with E-state index in [1.807, 2.05) is 35.7 Å². The molecule has 6 nitrogen and oxygen atoms in total. The van der Waals surface area contributed by atoms with E-state index in [0.717, 1.165) is 16.3 Å². The maximum atomic E-state index is 12.1. The molecule has 0 atom stereocenters. The zero-order valence-corrected chi connectivity index (χ0v) is 15.7. The fourth-order valence-electron chi connectivity index (χ4n) is 2.29. The van der Waals surface area contributed by atoms with Gasteiger partial charge in [0.1, 0.15) is 17.4 Å². The number of ether oxygens (including phenoxy) is 1. The van der Waals surface area contributed by atoms with E-state index >= 15 is 0 Å². The van der Waals surface area contributed by atoms with Gasteiger partial charge in [-0.1, -0.05) is 30.3 Å². The van der Waals surface area contributed by atoms with Crippen molar-refractivity contribution in [1.82, 2.24) is 14.7 Å². The smallest absolute Gasteiger partial charge is 0.215 e. The van der Waals surface area contributed by atoms with Crippen LogP contribution < -0.4 is 9.46 Å². The van der Waals surface area contributed by atoms with Gasteiger partial charge in [-0.3, -0.25) is 4.98 Å². The Labute approximate surface area is 157 Å².